The van der Waals surface area contributed by atoms with Crippen LogP contribution in [-0.2, 0) is 0 Å². The van der Waals surface area contributed by atoms with E-state index in [-0.39, 0.29) is 24.6 Å². The Morgan fingerprint density at radius 1 is 1.27 bits per heavy atom. The molecule has 0 unspecified atom stereocenters. The van der Waals surface area contributed by atoms with Crippen LogP contribution in [0.3, 0.4) is 0 Å². The van der Waals surface area contributed by atoms with E-state index in [0.29, 0.717) is 5.56 Å². The first-order chi connectivity index (χ1) is 4.70. The van der Waals surface area contributed by atoms with Crippen LogP contribution in [0.15, 0.2) is 35.3 Å². The smallest absolute Gasteiger partial charge is 0.872 e. The maximum atomic E-state index is 10.6. The van der Waals surface area contributed by atoms with Crippen LogP contribution >= 0.6 is 15.9 Å². The molecule has 1 rings (SSSR count). The monoisotopic (exact) mass is 204 g/mol. The molecule has 0 N–H and O–H groups in total. The summed E-state index contributed by atoms with van der Waals surface area (Å²) in [6.45, 7) is 3.28. The average Bonchev–Trinajstić information content (AvgIpc) is 1.88. The Morgan fingerprint density at radius 2 is 1.73 bits per heavy atom. The Balaban J connectivity index is 0.000001000. The third-order valence-electron chi connectivity index (χ3n) is 1.17. The average molecular weight is 205 g/mol. The summed E-state index contributed by atoms with van der Waals surface area (Å²) in [6, 6.07) is 7.11. The van der Waals surface area contributed by atoms with Gasteiger partial charge in [0.25, 0.3) is 0 Å². The Hall–Kier alpha value is -0.163. The van der Waals surface area contributed by atoms with Crippen LogP contribution in [0.5, 0.6) is 0 Å². The molecule has 0 aromatic heterocycles. The molecule has 52 valence electrons. The molecule has 3 heteroatoms. The molecule has 0 spiro atoms. The molecule has 0 saturated carbocycles. The summed E-state index contributed by atoms with van der Waals surface area (Å²) < 4.78 is 0.970. The topological polar surface area (TPSA) is 23.1 Å². The third-order valence-corrected chi connectivity index (χ3v) is 1.69. The molecule has 1 aromatic rings. The minimum atomic E-state index is -0.146. The quantitative estimate of drug-likeness (QED) is 0.416. The van der Waals surface area contributed by atoms with E-state index < -0.39 is 0 Å². The number of halogens is 1. The Labute approximate surface area is 86.4 Å². The van der Waals surface area contributed by atoms with Crippen LogP contribution in [-0.4, -0.2) is 0 Å². The maximum absolute atomic E-state index is 10.6. The van der Waals surface area contributed by atoms with Gasteiger partial charge < -0.3 is 5.11 Å². The Morgan fingerprint density at radius 3 is 2.09 bits per heavy atom. The molecule has 0 amide bonds. The van der Waals surface area contributed by atoms with Gasteiger partial charge in [-0.05, 0) is 17.7 Å². The molecule has 0 aliphatic rings. The molecule has 0 aliphatic carbocycles. The molecular formula is C8H6BrLiO. The summed E-state index contributed by atoms with van der Waals surface area (Å²) in [5, 5.41) is 10.6. The molecule has 11 heavy (non-hydrogen) atoms. The van der Waals surface area contributed by atoms with Gasteiger partial charge >= 0.3 is 18.9 Å². The third kappa shape index (κ3) is 3.16. The fourth-order valence-electron chi connectivity index (χ4n) is 0.636. The van der Waals surface area contributed by atoms with E-state index in [1.807, 2.05) is 12.1 Å². The van der Waals surface area contributed by atoms with Crippen molar-refractivity contribution in [3.63, 3.8) is 0 Å². The molecule has 0 saturated heterocycles. The van der Waals surface area contributed by atoms with Gasteiger partial charge in [-0.1, -0.05) is 28.1 Å². The van der Waals surface area contributed by atoms with Gasteiger partial charge in [-0.2, -0.15) is 0 Å². The normalized spacial score (nSPS) is 8.45. The van der Waals surface area contributed by atoms with E-state index >= 15 is 0 Å². The summed E-state index contributed by atoms with van der Waals surface area (Å²) in [4.78, 5) is 0. The van der Waals surface area contributed by atoms with Crippen molar-refractivity contribution in [1.29, 1.82) is 0 Å². The number of benzene rings is 1. The van der Waals surface area contributed by atoms with Gasteiger partial charge in [0.2, 0.25) is 0 Å². The zero-order chi connectivity index (χ0) is 7.56. The minimum Gasteiger partial charge on any atom is -0.872 e. The van der Waals surface area contributed by atoms with Crippen molar-refractivity contribution in [1.82, 2.24) is 0 Å². The first-order valence-corrected chi connectivity index (χ1v) is 3.61. The number of hydrogen-bond donors (Lipinski definition) is 0. The van der Waals surface area contributed by atoms with Crippen molar-refractivity contribution in [2.45, 2.75) is 0 Å². The van der Waals surface area contributed by atoms with Crippen molar-refractivity contribution < 1.29 is 24.0 Å². The van der Waals surface area contributed by atoms with E-state index in [1.54, 1.807) is 12.1 Å². The second-order valence-electron chi connectivity index (χ2n) is 1.93. The van der Waals surface area contributed by atoms with E-state index in [2.05, 4.69) is 22.5 Å². The van der Waals surface area contributed by atoms with Gasteiger partial charge in [0, 0.05) is 4.47 Å². The fourth-order valence-corrected chi connectivity index (χ4v) is 0.900. The van der Waals surface area contributed by atoms with Crippen LogP contribution in [0.25, 0.3) is 5.76 Å². The van der Waals surface area contributed by atoms with Crippen LogP contribution < -0.4 is 24.0 Å². The molecule has 0 radical (unpaired) electrons. The molecular weight excluding hydrogens is 199 g/mol. The molecule has 0 bridgehead atoms. The van der Waals surface area contributed by atoms with E-state index in [0.717, 1.165) is 4.47 Å². The summed E-state index contributed by atoms with van der Waals surface area (Å²) in [5.74, 6) is -0.146. The number of hydrogen-bond acceptors (Lipinski definition) is 1. The first-order valence-electron chi connectivity index (χ1n) is 2.82. The van der Waals surface area contributed by atoms with E-state index in [4.69, 9.17) is 0 Å². The minimum absolute atomic E-state index is 0. The standard InChI is InChI=1S/C8H7BrO.Li/c1-6(10)7-2-4-8(9)5-3-7;/h2-5,10H,1H2;/q;+1/p-1. The Bertz CT molecular complexity index is 243. The largest absolute Gasteiger partial charge is 1.00 e. The summed E-state index contributed by atoms with van der Waals surface area (Å²) in [7, 11) is 0. The van der Waals surface area contributed by atoms with Gasteiger partial charge in [0.15, 0.2) is 0 Å². The predicted octanol–water partition coefficient (Wildman–Crippen LogP) is -1.22. The van der Waals surface area contributed by atoms with Crippen LogP contribution in [0.1, 0.15) is 5.56 Å². The molecule has 1 nitrogen and oxygen atoms in total. The van der Waals surface area contributed by atoms with Crippen LogP contribution in [0.4, 0.5) is 0 Å². The van der Waals surface area contributed by atoms with Gasteiger partial charge in [-0.3, -0.25) is 0 Å². The van der Waals surface area contributed by atoms with Crippen LogP contribution in [0, 0.1) is 0 Å². The summed E-state index contributed by atoms with van der Waals surface area (Å²) in [6.07, 6.45) is 0. The molecule has 0 heterocycles. The van der Waals surface area contributed by atoms with Gasteiger partial charge in [-0.25, -0.2) is 0 Å². The first kappa shape index (κ1) is 10.8. The van der Waals surface area contributed by atoms with E-state index in [1.165, 1.54) is 0 Å². The zero-order valence-corrected chi connectivity index (χ0v) is 7.89. The fraction of sp³-hybridized carbons (Fsp3) is 0. The van der Waals surface area contributed by atoms with E-state index in [9.17, 15) is 5.11 Å². The van der Waals surface area contributed by atoms with Gasteiger partial charge in [0.1, 0.15) is 0 Å². The molecule has 0 atom stereocenters. The zero-order valence-electron chi connectivity index (χ0n) is 6.30. The SMILES string of the molecule is C=C([O-])c1ccc(Br)cc1.[Li+]. The second-order valence-corrected chi connectivity index (χ2v) is 2.85. The molecule has 0 fully saturated rings. The van der Waals surface area contributed by atoms with Crippen molar-refractivity contribution in [3.05, 3.63) is 40.9 Å². The van der Waals surface area contributed by atoms with Gasteiger partial charge in [0.05, 0.1) is 0 Å². The van der Waals surface area contributed by atoms with Crippen molar-refractivity contribution in [3.8, 4) is 0 Å². The Kier molecular flexibility index (Phi) is 4.59. The van der Waals surface area contributed by atoms with Crippen molar-refractivity contribution in [2.75, 3.05) is 0 Å². The molecule has 0 aliphatic heterocycles. The van der Waals surface area contributed by atoms with Crippen LogP contribution in [0.2, 0.25) is 0 Å². The summed E-state index contributed by atoms with van der Waals surface area (Å²) in [5.41, 5.74) is 0.642. The van der Waals surface area contributed by atoms with Crippen molar-refractivity contribution in [2.24, 2.45) is 0 Å². The predicted molar refractivity (Wildman–Crippen MR) is 43.2 cm³/mol. The second kappa shape index (κ2) is 4.66. The molecule has 1 aromatic carbocycles. The van der Waals surface area contributed by atoms with Crippen molar-refractivity contribution >= 4 is 21.7 Å². The summed E-state index contributed by atoms with van der Waals surface area (Å²) >= 11 is 3.26. The number of rotatable bonds is 1. The van der Waals surface area contributed by atoms with Gasteiger partial charge in [-0.15, -0.1) is 12.3 Å². The maximum Gasteiger partial charge on any atom is 1.00 e.